The van der Waals surface area contributed by atoms with Gasteiger partial charge in [0.25, 0.3) is 10.0 Å². The van der Waals surface area contributed by atoms with Gasteiger partial charge in [0.05, 0.1) is 24.8 Å². The molecule has 3 aromatic rings. The zero-order valence-electron chi connectivity index (χ0n) is 25.0. The van der Waals surface area contributed by atoms with Crippen LogP contribution in [-0.4, -0.2) is 58.0 Å². The van der Waals surface area contributed by atoms with Crippen molar-refractivity contribution in [1.82, 2.24) is 10.2 Å². The summed E-state index contributed by atoms with van der Waals surface area (Å²) in [7, 11) is -1.58. The number of hydrogen-bond donors (Lipinski definition) is 1. The second-order valence-corrected chi connectivity index (χ2v) is 12.9. The first-order valence-electron chi connectivity index (χ1n) is 14.4. The van der Waals surface area contributed by atoms with E-state index in [1.54, 1.807) is 31.2 Å². The van der Waals surface area contributed by atoms with E-state index in [1.807, 2.05) is 0 Å². The predicted molar refractivity (Wildman–Crippen MR) is 167 cm³/mol. The van der Waals surface area contributed by atoms with Gasteiger partial charge in [-0.05, 0) is 73.4 Å². The van der Waals surface area contributed by atoms with E-state index in [0.717, 1.165) is 42.1 Å². The van der Waals surface area contributed by atoms with Gasteiger partial charge in [-0.2, -0.15) is 0 Å². The number of carbonyl (C=O) groups is 2. The van der Waals surface area contributed by atoms with Gasteiger partial charge in [0.15, 0.2) is 11.5 Å². The van der Waals surface area contributed by atoms with Crippen LogP contribution in [0, 0.1) is 5.82 Å². The number of halogens is 2. The molecule has 0 radical (unpaired) electrons. The van der Waals surface area contributed by atoms with Crippen molar-refractivity contribution < 1.29 is 31.9 Å². The lowest BCUT2D eigenvalue weighted by atomic mass is 10.1. The summed E-state index contributed by atoms with van der Waals surface area (Å²) in [6.45, 7) is 1.20. The molecule has 236 valence electrons. The predicted octanol–water partition coefficient (Wildman–Crippen LogP) is 5.56. The zero-order valence-corrected chi connectivity index (χ0v) is 26.5. The largest absolute Gasteiger partial charge is 0.493 e. The fourth-order valence-electron chi connectivity index (χ4n) is 5.31. The molecular formula is C32H37ClFN3O6S. The second kappa shape index (κ2) is 14.8. The number of ether oxygens (including phenoxy) is 2. The molecule has 0 aromatic heterocycles. The van der Waals surface area contributed by atoms with Crippen molar-refractivity contribution in [2.24, 2.45) is 0 Å². The van der Waals surface area contributed by atoms with Crippen LogP contribution in [0.15, 0.2) is 71.6 Å². The van der Waals surface area contributed by atoms with Crippen molar-refractivity contribution in [2.45, 2.75) is 62.6 Å². The number of amides is 2. The molecule has 1 aliphatic rings. The molecule has 0 spiro atoms. The minimum absolute atomic E-state index is 0.0326. The third-order valence-electron chi connectivity index (χ3n) is 7.69. The minimum Gasteiger partial charge on any atom is -0.493 e. The average Bonchev–Trinajstić information content (AvgIpc) is 3.53. The van der Waals surface area contributed by atoms with Gasteiger partial charge in [0.2, 0.25) is 11.8 Å². The fraction of sp³-hybridized carbons (Fsp3) is 0.375. The van der Waals surface area contributed by atoms with Crippen molar-refractivity contribution in [3.05, 3.63) is 83.1 Å². The van der Waals surface area contributed by atoms with E-state index in [4.69, 9.17) is 21.1 Å². The van der Waals surface area contributed by atoms with Gasteiger partial charge in [-0.25, -0.2) is 12.8 Å². The quantitative estimate of drug-likeness (QED) is 0.261. The maximum absolute atomic E-state index is 14.2. The molecule has 0 aliphatic heterocycles. The third-order valence-corrected chi connectivity index (χ3v) is 9.71. The Morgan fingerprint density at radius 2 is 1.61 bits per heavy atom. The van der Waals surface area contributed by atoms with E-state index in [2.05, 4.69) is 5.32 Å². The number of carbonyl (C=O) groups excluding carboxylic acids is 2. The van der Waals surface area contributed by atoms with Crippen LogP contribution in [0.25, 0.3) is 0 Å². The van der Waals surface area contributed by atoms with Crippen LogP contribution in [0.1, 0.15) is 44.6 Å². The van der Waals surface area contributed by atoms with Gasteiger partial charge in [-0.15, -0.1) is 0 Å². The average molecular weight is 646 g/mol. The Labute approximate surface area is 262 Å². The van der Waals surface area contributed by atoms with Crippen LogP contribution < -0.4 is 19.1 Å². The number of anilines is 1. The van der Waals surface area contributed by atoms with Crippen LogP contribution in [0.2, 0.25) is 5.02 Å². The number of hydrogen-bond acceptors (Lipinski definition) is 6. The summed E-state index contributed by atoms with van der Waals surface area (Å²) in [5.41, 5.74) is 0.787. The van der Waals surface area contributed by atoms with E-state index in [0.29, 0.717) is 22.8 Å². The summed E-state index contributed by atoms with van der Waals surface area (Å²) in [6, 6.07) is 14.9. The highest BCUT2D eigenvalue weighted by Crippen LogP contribution is 2.32. The molecule has 9 nitrogen and oxygen atoms in total. The Kier molecular flexibility index (Phi) is 11.1. The summed E-state index contributed by atoms with van der Waals surface area (Å²) in [4.78, 5) is 29.0. The maximum atomic E-state index is 14.2. The van der Waals surface area contributed by atoms with Crippen molar-refractivity contribution in [2.75, 3.05) is 25.1 Å². The van der Waals surface area contributed by atoms with Crippen molar-refractivity contribution >= 4 is 39.1 Å². The van der Waals surface area contributed by atoms with E-state index >= 15 is 0 Å². The van der Waals surface area contributed by atoms with Gasteiger partial charge >= 0.3 is 0 Å². The van der Waals surface area contributed by atoms with E-state index in [-0.39, 0.29) is 34.8 Å². The van der Waals surface area contributed by atoms with E-state index < -0.39 is 34.3 Å². The number of methoxy groups -OCH3 is 2. The molecule has 2 amide bonds. The molecule has 0 heterocycles. The molecule has 1 fully saturated rings. The van der Waals surface area contributed by atoms with Gasteiger partial charge in [-0.3, -0.25) is 13.9 Å². The lowest BCUT2D eigenvalue weighted by Crippen LogP contribution is -2.53. The highest BCUT2D eigenvalue weighted by molar-refractivity contribution is 7.92. The Hall–Kier alpha value is -3.83. The van der Waals surface area contributed by atoms with E-state index in [1.165, 1.54) is 49.5 Å². The molecular weight excluding hydrogens is 609 g/mol. The number of sulfonamides is 1. The lowest BCUT2D eigenvalue weighted by Gasteiger charge is -2.33. The van der Waals surface area contributed by atoms with Crippen LogP contribution >= 0.6 is 11.6 Å². The van der Waals surface area contributed by atoms with Crippen LogP contribution in [0.4, 0.5) is 10.1 Å². The van der Waals surface area contributed by atoms with Gasteiger partial charge in [-0.1, -0.05) is 43.5 Å². The highest BCUT2D eigenvalue weighted by atomic mass is 35.5. The topological polar surface area (TPSA) is 105 Å². The molecule has 0 saturated heterocycles. The first-order chi connectivity index (χ1) is 21.1. The normalized spacial score (nSPS) is 14.1. The Balaban J connectivity index is 1.73. The Morgan fingerprint density at radius 1 is 0.977 bits per heavy atom. The number of nitrogens with zero attached hydrogens (tertiary/aromatic N) is 2. The monoisotopic (exact) mass is 645 g/mol. The molecule has 1 atom stereocenters. The molecule has 0 bridgehead atoms. The molecule has 1 aliphatic carbocycles. The molecule has 3 aromatic carbocycles. The Bertz CT molecular complexity index is 1550. The van der Waals surface area contributed by atoms with Gasteiger partial charge in [0, 0.05) is 23.7 Å². The molecule has 1 saturated carbocycles. The van der Waals surface area contributed by atoms with Crippen molar-refractivity contribution in [3.8, 4) is 11.5 Å². The molecule has 44 heavy (non-hydrogen) atoms. The van der Waals surface area contributed by atoms with Gasteiger partial charge in [0.1, 0.15) is 18.4 Å². The Morgan fingerprint density at radius 3 is 2.20 bits per heavy atom. The van der Waals surface area contributed by atoms with Crippen LogP contribution in [0.3, 0.4) is 0 Å². The second-order valence-electron chi connectivity index (χ2n) is 10.6. The standard InChI is InChI=1S/C32H37ClFN3O6S/c1-4-28(32(39)35-25-7-5-6-8-25)36(20-22-9-11-23(33)12-10-22)31(38)21-37(26-15-13-24(34)14-16-26)44(40,41)27-17-18-29(42-2)30(19-27)43-3/h9-19,25,28H,4-8,20-21H2,1-3H3,(H,35,39)/t28-/m1/s1. The summed E-state index contributed by atoms with van der Waals surface area (Å²) in [6.07, 6.45) is 4.09. The maximum Gasteiger partial charge on any atom is 0.264 e. The molecule has 12 heteroatoms. The molecule has 4 rings (SSSR count). The summed E-state index contributed by atoms with van der Waals surface area (Å²) in [5, 5.41) is 3.59. The van der Waals surface area contributed by atoms with Crippen LogP contribution in [-0.2, 0) is 26.2 Å². The number of rotatable bonds is 13. The van der Waals surface area contributed by atoms with Crippen molar-refractivity contribution in [1.29, 1.82) is 0 Å². The SMILES string of the molecule is CC[C@H](C(=O)NC1CCCC1)N(Cc1ccc(Cl)cc1)C(=O)CN(c1ccc(F)cc1)S(=O)(=O)c1ccc(OC)c(OC)c1. The summed E-state index contributed by atoms with van der Waals surface area (Å²) in [5.74, 6) is -0.968. The fourth-order valence-corrected chi connectivity index (χ4v) is 6.87. The zero-order chi connectivity index (χ0) is 31.9. The summed E-state index contributed by atoms with van der Waals surface area (Å²) >= 11 is 6.08. The van der Waals surface area contributed by atoms with Gasteiger partial charge < -0.3 is 19.7 Å². The number of benzene rings is 3. The highest BCUT2D eigenvalue weighted by Gasteiger charge is 2.35. The first-order valence-corrected chi connectivity index (χ1v) is 16.2. The number of nitrogens with one attached hydrogen (secondary N) is 1. The van der Waals surface area contributed by atoms with Crippen LogP contribution in [0.5, 0.6) is 11.5 Å². The summed E-state index contributed by atoms with van der Waals surface area (Å²) < 4.78 is 53.6. The smallest absolute Gasteiger partial charge is 0.264 e. The van der Waals surface area contributed by atoms with Crippen molar-refractivity contribution in [3.63, 3.8) is 0 Å². The third kappa shape index (κ3) is 7.81. The lowest BCUT2D eigenvalue weighted by molar-refractivity contribution is -0.140. The molecule has 0 unspecified atom stereocenters. The van der Waals surface area contributed by atoms with E-state index in [9.17, 15) is 22.4 Å². The first kappa shape index (κ1) is 33.1. The minimum atomic E-state index is -4.39. The molecule has 1 N–H and O–H groups in total.